The standard InChI is InChI=1S/C59H46N6/c1-37-32-42(52-33-48(38-18-10-6-11-19-38)44-28-30-46-50(40-22-14-8-15-23-40)35-54(64(2)3)62-58(46)56(44)60-52)26-27-43(37)53-34-49(39-20-12-7-13-21-39)45-29-31-47-51(41-24-16-9-17-25-41)36-55(65(4)5)63-59(47)57(45)61-53/h6-36H,1-5H3. The van der Waals surface area contributed by atoms with Gasteiger partial charge in [-0.25, -0.2) is 19.9 Å². The summed E-state index contributed by atoms with van der Waals surface area (Å²) in [7, 11) is 8.18. The molecule has 0 aliphatic rings. The van der Waals surface area contributed by atoms with Crippen molar-refractivity contribution in [2.45, 2.75) is 6.92 Å². The van der Waals surface area contributed by atoms with E-state index in [1.807, 2.05) is 28.2 Å². The first-order chi connectivity index (χ1) is 31.8. The third-order valence-electron chi connectivity index (χ3n) is 12.5. The molecule has 312 valence electrons. The molecule has 0 fully saturated rings. The Morgan fingerprint density at radius 3 is 1.00 bits per heavy atom. The minimum absolute atomic E-state index is 0.872. The van der Waals surface area contributed by atoms with E-state index in [0.717, 1.165) is 128 Å². The highest BCUT2D eigenvalue weighted by Gasteiger charge is 2.20. The quantitative estimate of drug-likeness (QED) is 0.142. The van der Waals surface area contributed by atoms with E-state index in [2.05, 4.69) is 205 Å². The molecule has 0 aliphatic carbocycles. The summed E-state index contributed by atoms with van der Waals surface area (Å²) in [6.07, 6.45) is 0. The van der Waals surface area contributed by atoms with Crippen LogP contribution in [-0.4, -0.2) is 48.1 Å². The van der Waals surface area contributed by atoms with Gasteiger partial charge in [-0.3, -0.25) is 0 Å². The largest absolute Gasteiger partial charge is 0.363 e. The van der Waals surface area contributed by atoms with Crippen LogP contribution >= 0.6 is 0 Å². The van der Waals surface area contributed by atoms with Gasteiger partial charge in [0, 0.05) is 60.9 Å². The van der Waals surface area contributed by atoms with E-state index >= 15 is 0 Å². The van der Waals surface area contributed by atoms with Gasteiger partial charge in [-0.2, -0.15) is 0 Å². The van der Waals surface area contributed by atoms with Crippen molar-refractivity contribution in [2.75, 3.05) is 38.0 Å². The second kappa shape index (κ2) is 16.2. The van der Waals surface area contributed by atoms with Gasteiger partial charge in [0.15, 0.2) is 0 Å². The van der Waals surface area contributed by atoms with Gasteiger partial charge in [0.1, 0.15) is 11.6 Å². The first kappa shape index (κ1) is 39.6. The molecule has 7 aromatic carbocycles. The van der Waals surface area contributed by atoms with Crippen LogP contribution in [0.5, 0.6) is 0 Å². The molecule has 11 rings (SSSR count). The summed E-state index contributed by atoms with van der Waals surface area (Å²) in [6.45, 7) is 2.18. The average molecular weight is 839 g/mol. The van der Waals surface area contributed by atoms with Crippen molar-refractivity contribution in [1.82, 2.24) is 19.9 Å². The maximum atomic E-state index is 5.53. The number of hydrogen-bond acceptors (Lipinski definition) is 6. The summed E-state index contributed by atoms with van der Waals surface area (Å²) in [4.78, 5) is 25.8. The molecule has 0 radical (unpaired) electrons. The molecule has 11 aromatic rings. The zero-order valence-corrected chi connectivity index (χ0v) is 37.1. The number of aromatic nitrogens is 4. The monoisotopic (exact) mass is 838 g/mol. The van der Waals surface area contributed by atoms with Crippen LogP contribution in [-0.2, 0) is 0 Å². The molecule has 0 spiro atoms. The Morgan fingerprint density at radius 1 is 0.292 bits per heavy atom. The van der Waals surface area contributed by atoms with Crippen LogP contribution in [0, 0.1) is 6.92 Å². The lowest BCUT2D eigenvalue weighted by Gasteiger charge is -2.18. The fraction of sp³-hybridized carbons (Fsp3) is 0.0847. The van der Waals surface area contributed by atoms with Crippen molar-refractivity contribution in [3.8, 4) is 67.0 Å². The van der Waals surface area contributed by atoms with Gasteiger partial charge in [0.25, 0.3) is 0 Å². The third-order valence-corrected chi connectivity index (χ3v) is 12.5. The van der Waals surface area contributed by atoms with Crippen LogP contribution < -0.4 is 9.80 Å². The molecular weight excluding hydrogens is 793 g/mol. The first-order valence-corrected chi connectivity index (χ1v) is 22.0. The van der Waals surface area contributed by atoms with E-state index in [9.17, 15) is 0 Å². The van der Waals surface area contributed by atoms with E-state index in [1.54, 1.807) is 0 Å². The molecular formula is C59H46N6. The molecule has 4 aromatic heterocycles. The van der Waals surface area contributed by atoms with Crippen molar-refractivity contribution in [3.05, 3.63) is 194 Å². The number of anilines is 2. The van der Waals surface area contributed by atoms with Crippen molar-refractivity contribution < 1.29 is 0 Å². The normalized spacial score (nSPS) is 11.5. The summed E-state index contributed by atoms with van der Waals surface area (Å²) in [5.41, 5.74) is 17.5. The SMILES string of the molecule is Cc1cc(-c2cc(-c3ccccc3)c3ccc4c(-c5ccccc5)cc(N(C)C)nc4c3n2)ccc1-c1cc(-c2ccccc2)c2ccc3c(-c4ccccc4)cc(N(C)C)nc3c2n1. The third kappa shape index (κ3) is 7.10. The van der Waals surface area contributed by atoms with Gasteiger partial charge < -0.3 is 9.80 Å². The molecule has 0 amide bonds. The Balaban J connectivity index is 1.13. The molecule has 65 heavy (non-hydrogen) atoms. The van der Waals surface area contributed by atoms with Crippen LogP contribution in [0.2, 0.25) is 0 Å². The predicted molar refractivity (Wildman–Crippen MR) is 274 cm³/mol. The molecule has 0 atom stereocenters. The lowest BCUT2D eigenvalue weighted by Crippen LogP contribution is -2.11. The van der Waals surface area contributed by atoms with Crippen LogP contribution in [0.1, 0.15) is 5.56 Å². The Labute approximate surface area is 379 Å². The molecule has 0 bridgehead atoms. The van der Waals surface area contributed by atoms with Crippen molar-refractivity contribution in [2.24, 2.45) is 0 Å². The number of fused-ring (bicyclic) bond motifs is 6. The van der Waals surface area contributed by atoms with Gasteiger partial charge in [0.05, 0.1) is 33.5 Å². The van der Waals surface area contributed by atoms with Crippen LogP contribution in [0.25, 0.3) is 111 Å². The lowest BCUT2D eigenvalue weighted by molar-refractivity contribution is 1.08. The topological polar surface area (TPSA) is 58.0 Å². The summed E-state index contributed by atoms with van der Waals surface area (Å²) in [5, 5.41) is 4.26. The molecule has 4 heterocycles. The lowest BCUT2D eigenvalue weighted by atomic mass is 9.92. The van der Waals surface area contributed by atoms with Crippen LogP contribution in [0.3, 0.4) is 0 Å². The van der Waals surface area contributed by atoms with Crippen molar-refractivity contribution >= 4 is 55.2 Å². The highest BCUT2D eigenvalue weighted by atomic mass is 15.1. The summed E-state index contributed by atoms with van der Waals surface area (Å²) in [6, 6.07) is 66.7. The fourth-order valence-electron chi connectivity index (χ4n) is 9.20. The Morgan fingerprint density at radius 2 is 0.631 bits per heavy atom. The molecule has 6 heteroatoms. The van der Waals surface area contributed by atoms with E-state index < -0.39 is 0 Å². The van der Waals surface area contributed by atoms with E-state index in [-0.39, 0.29) is 0 Å². The number of hydrogen-bond donors (Lipinski definition) is 0. The second-order valence-corrected chi connectivity index (χ2v) is 17.2. The number of rotatable bonds is 8. The van der Waals surface area contributed by atoms with Gasteiger partial charge in [-0.05, 0) is 87.3 Å². The maximum absolute atomic E-state index is 5.53. The molecule has 0 saturated carbocycles. The van der Waals surface area contributed by atoms with Crippen molar-refractivity contribution in [3.63, 3.8) is 0 Å². The van der Waals surface area contributed by atoms with E-state index in [4.69, 9.17) is 19.9 Å². The van der Waals surface area contributed by atoms with Gasteiger partial charge in [-0.15, -0.1) is 0 Å². The molecule has 0 N–H and O–H groups in total. The smallest absolute Gasteiger partial charge is 0.129 e. The van der Waals surface area contributed by atoms with E-state index in [0.29, 0.717) is 0 Å². The van der Waals surface area contributed by atoms with Gasteiger partial charge >= 0.3 is 0 Å². The second-order valence-electron chi connectivity index (χ2n) is 17.2. The highest BCUT2D eigenvalue weighted by Crippen LogP contribution is 2.42. The average Bonchev–Trinajstić information content (AvgIpc) is 3.35. The number of pyridine rings is 4. The van der Waals surface area contributed by atoms with Crippen LogP contribution in [0.4, 0.5) is 11.6 Å². The van der Waals surface area contributed by atoms with E-state index in [1.165, 1.54) is 0 Å². The summed E-state index contributed by atoms with van der Waals surface area (Å²) >= 11 is 0. The van der Waals surface area contributed by atoms with Gasteiger partial charge in [-0.1, -0.05) is 158 Å². The zero-order valence-electron chi connectivity index (χ0n) is 37.1. The maximum Gasteiger partial charge on any atom is 0.129 e. The molecule has 0 unspecified atom stereocenters. The molecule has 0 saturated heterocycles. The van der Waals surface area contributed by atoms with Crippen LogP contribution in [0.15, 0.2) is 188 Å². The first-order valence-electron chi connectivity index (χ1n) is 22.0. The predicted octanol–water partition coefficient (Wildman–Crippen LogP) is 14.3. The zero-order chi connectivity index (χ0) is 44.2. The summed E-state index contributed by atoms with van der Waals surface area (Å²) < 4.78 is 0. The Hall–Kier alpha value is -8.22. The molecule has 6 nitrogen and oxygen atoms in total. The number of aryl methyl sites for hydroxylation is 1. The number of benzene rings is 7. The fourth-order valence-corrected chi connectivity index (χ4v) is 9.20. The minimum Gasteiger partial charge on any atom is -0.363 e. The number of nitrogens with zero attached hydrogens (tertiary/aromatic N) is 6. The highest BCUT2D eigenvalue weighted by molar-refractivity contribution is 6.15. The van der Waals surface area contributed by atoms with Crippen molar-refractivity contribution in [1.29, 1.82) is 0 Å². The Kier molecular flexibility index (Phi) is 9.85. The minimum atomic E-state index is 0.872. The molecule has 0 aliphatic heterocycles. The summed E-state index contributed by atoms with van der Waals surface area (Å²) in [5.74, 6) is 1.76. The van der Waals surface area contributed by atoms with Gasteiger partial charge in [0.2, 0.25) is 0 Å². The Bertz CT molecular complexity index is 3590.